The molecular formula is C18H21NO4. The van der Waals surface area contributed by atoms with Gasteiger partial charge in [0, 0.05) is 12.2 Å². The van der Waals surface area contributed by atoms with Crippen molar-refractivity contribution in [3.63, 3.8) is 0 Å². The Morgan fingerprint density at radius 1 is 1.00 bits per heavy atom. The van der Waals surface area contributed by atoms with Gasteiger partial charge in [-0.2, -0.15) is 0 Å². The molecule has 0 bridgehead atoms. The topological polar surface area (TPSA) is 57.5 Å². The van der Waals surface area contributed by atoms with E-state index in [9.17, 15) is 9.59 Å². The minimum Gasteiger partial charge on any atom is -0.462 e. The number of ether oxygens (including phenoxy) is 2. The average Bonchev–Trinajstić information content (AvgIpc) is 2.86. The zero-order valence-corrected chi connectivity index (χ0v) is 13.7. The molecule has 23 heavy (non-hydrogen) atoms. The molecule has 0 saturated heterocycles. The van der Waals surface area contributed by atoms with Crippen LogP contribution in [0.1, 0.15) is 46.0 Å². The van der Waals surface area contributed by atoms with Crippen LogP contribution < -0.4 is 0 Å². The summed E-state index contributed by atoms with van der Waals surface area (Å²) in [6.45, 7) is 6.31. The van der Waals surface area contributed by atoms with Gasteiger partial charge in [0.15, 0.2) is 0 Å². The number of carbonyl (C=O) groups is 2. The standard InChI is InChI=1S/C18H21NO4/c1-4-22-17(20)15-11-13(3)19(16(15)18(21)23-5-2)12-14-9-7-6-8-10-14/h6-11H,4-5,12H2,1-3H3. The molecule has 0 saturated carbocycles. The lowest BCUT2D eigenvalue weighted by Gasteiger charge is -2.12. The highest BCUT2D eigenvalue weighted by Crippen LogP contribution is 2.20. The smallest absolute Gasteiger partial charge is 0.355 e. The van der Waals surface area contributed by atoms with Gasteiger partial charge < -0.3 is 14.0 Å². The number of hydrogen-bond donors (Lipinski definition) is 0. The molecule has 2 aromatic rings. The summed E-state index contributed by atoms with van der Waals surface area (Å²) in [6.07, 6.45) is 0. The highest BCUT2D eigenvalue weighted by atomic mass is 16.5. The van der Waals surface area contributed by atoms with Crippen molar-refractivity contribution in [1.29, 1.82) is 0 Å². The Morgan fingerprint density at radius 2 is 1.61 bits per heavy atom. The quantitative estimate of drug-likeness (QED) is 0.768. The van der Waals surface area contributed by atoms with Crippen molar-refractivity contribution in [2.75, 3.05) is 13.2 Å². The van der Waals surface area contributed by atoms with Gasteiger partial charge in [-0.05, 0) is 32.4 Å². The fourth-order valence-corrected chi connectivity index (χ4v) is 2.43. The van der Waals surface area contributed by atoms with Gasteiger partial charge in [0.2, 0.25) is 0 Å². The summed E-state index contributed by atoms with van der Waals surface area (Å²) < 4.78 is 12.0. The Morgan fingerprint density at radius 3 is 2.22 bits per heavy atom. The van der Waals surface area contributed by atoms with E-state index < -0.39 is 11.9 Å². The largest absolute Gasteiger partial charge is 0.462 e. The first-order valence-corrected chi connectivity index (χ1v) is 7.66. The lowest BCUT2D eigenvalue weighted by Crippen LogP contribution is -2.18. The van der Waals surface area contributed by atoms with E-state index in [1.165, 1.54) is 0 Å². The number of carbonyl (C=O) groups excluding carboxylic acids is 2. The molecule has 5 heteroatoms. The monoisotopic (exact) mass is 315 g/mol. The van der Waals surface area contributed by atoms with Crippen molar-refractivity contribution in [2.45, 2.75) is 27.3 Å². The molecule has 0 atom stereocenters. The second-order valence-corrected chi connectivity index (χ2v) is 5.06. The van der Waals surface area contributed by atoms with Crippen LogP contribution in [0.5, 0.6) is 0 Å². The summed E-state index contributed by atoms with van der Waals surface area (Å²) in [5, 5.41) is 0. The number of hydrogen-bond acceptors (Lipinski definition) is 4. The van der Waals surface area contributed by atoms with Crippen molar-refractivity contribution in [1.82, 2.24) is 4.57 Å². The van der Waals surface area contributed by atoms with Gasteiger partial charge in [-0.1, -0.05) is 30.3 Å². The van der Waals surface area contributed by atoms with Gasteiger partial charge in [0.1, 0.15) is 5.69 Å². The first-order valence-electron chi connectivity index (χ1n) is 7.66. The van der Waals surface area contributed by atoms with Gasteiger partial charge >= 0.3 is 11.9 Å². The number of aromatic nitrogens is 1. The van der Waals surface area contributed by atoms with Crippen LogP contribution in [0.2, 0.25) is 0 Å². The Labute approximate surface area is 135 Å². The SMILES string of the molecule is CCOC(=O)c1cc(C)n(Cc2ccccc2)c1C(=O)OCC. The molecule has 1 aromatic carbocycles. The minimum atomic E-state index is -0.514. The predicted octanol–water partition coefficient (Wildman–Crippen LogP) is 3.20. The van der Waals surface area contributed by atoms with Gasteiger partial charge in [0.05, 0.1) is 18.8 Å². The van der Waals surface area contributed by atoms with Gasteiger partial charge in [0.25, 0.3) is 0 Å². The van der Waals surface area contributed by atoms with Crippen LogP contribution in [0.4, 0.5) is 0 Å². The molecule has 0 N–H and O–H groups in total. The molecule has 0 aliphatic carbocycles. The third-order valence-corrected chi connectivity index (χ3v) is 3.45. The molecule has 0 aliphatic rings. The third kappa shape index (κ3) is 3.80. The van der Waals surface area contributed by atoms with Crippen LogP contribution in [0, 0.1) is 6.92 Å². The number of aryl methyl sites for hydroxylation is 1. The van der Waals surface area contributed by atoms with Crippen molar-refractivity contribution in [2.24, 2.45) is 0 Å². The molecule has 122 valence electrons. The lowest BCUT2D eigenvalue weighted by atomic mass is 10.2. The maximum absolute atomic E-state index is 12.3. The van der Waals surface area contributed by atoms with Gasteiger partial charge in [-0.3, -0.25) is 0 Å². The van der Waals surface area contributed by atoms with E-state index in [4.69, 9.17) is 9.47 Å². The van der Waals surface area contributed by atoms with Crippen molar-refractivity contribution in [3.05, 3.63) is 58.9 Å². The van der Waals surface area contributed by atoms with Crippen molar-refractivity contribution >= 4 is 11.9 Å². The fraction of sp³-hybridized carbons (Fsp3) is 0.333. The Balaban J connectivity index is 2.47. The summed E-state index contributed by atoms with van der Waals surface area (Å²) in [4.78, 5) is 24.5. The molecular weight excluding hydrogens is 294 g/mol. The summed E-state index contributed by atoms with van der Waals surface area (Å²) in [5.74, 6) is -1.02. The van der Waals surface area contributed by atoms with Crippen LogP contribution in [0.3, 0.4) is 0 Å². The first kappa shape index (κ1) is 16.8. The van der Waals surface area contributed by atoms with E-state index in [-0.39, 0.29) is 24.5 Å². The highest BCUT2D eigenvalue weighted by Gasteiger charge is 2.26. The maximum atomic E-state index is 12.3. The van der Waals surface area contributed by atoms with Crippen LogP contribution in [0.15, 0.2) is 36.4 Å². The molecule has 0 unspecified atom stereocenters. The van der Waals surface area contributed by atoms with E-state index >= 15 is 0 Å². The predicted molar refractivity (Wildman–Crippen MR) is 86.6 cm³/mol. The number of esters is 2. The molecule has 0 fully saturated rings. The third-order valence-electron chi connectivity index (χ3n) is 3.45. The van der Waals surface area contributed by atoms with Crippen molar-refractivity contribution < 1.29 is 19.1 Å². The van der Waals surface area contributed by atoms with Crippen LogP contribution in [-0.4, -0.2) is 29.7 Å². The molecule has 2 rings (SSSR count). The van der Waals surface area contributed by atoms with E-state index in [0.29, 0.717) is 6.54 Å². The summed E-state index contributed by atoms with van der Waals surface area (Å²) in [6, 6.07) is 11.4. The Kier molecular flexibility index (Phi) is 5.57. The molecule has 5 nitrogen and oxygen atoms in total. The van der Waals surface area contributed by atoms with E-state index in [1.807, 2.05) is 37.3 Å². The summed E-state index contributed by atoms with van der Waals surface area (Å²) in [5.41, 5.74) is 2.33. The molecule has 0 amide bonds. The molecule has 0 spiro atoms. The van der Waals surface area contributed by atoms with Crippen LogP contribution >= 0.6 is 0 Å². The van der Waals surface area contributed by atoms with Gasteiger partial charge in [-0.15, -0.1) is 0 Å². The van der Waals surface area contributed by atoms with Crippen molar-refractivity contribution in [3.8, 4) is 0 Å². The average molecular weight is 315 g/mol. The zero-order valence-electron chi connectivity index (χ0n) is 13.7. The van der Waals surface area contributed by atoms with E-state index in [2.05, 4.69) is 0 Å². The summed E-state index contributed by atoms with van der Waals surface area (Å²) in [7, 11) is 0. The zero-order chi connectivity index (χ0) is 16.8. The fourth-order valence-electron chi connectivity index (χ4n) is 2.43. The van der Waals surface area contributed by atoms with E-state index in [1.54, 1.807) is 24.5 Å². The number of benzene rings is 1. The second-order valence-electron chi connectivity index (χ2n) is 5.06. The van der Waals surface area contributed by atoms with Crippen LogP contribution in [-0.2, 0) is 16.0 Å². The normalized spacial score (nSPS) is 10.4. The molecule has 1 heterocycles. The summed E-state index contributed by atoms with van der Waals surface area (Å²) >= 11 is 0. The van der Waals surface area contributed by atoms with Gasteiger partial charge in [-0.25, -0.2) is 9.59 Å². The minimum absolute atomic E-state index is 0.242. The first-order chi connectivity index (χ1) is 11.1. The Hall–Kier alpha value is -2.56. The molecule has 1 aromatic heterocycles. The highest BCUT2D eigenvalue weighted by molar-refractivity contribution is 6.02. The second kappa shape index (κ2) is 7.63. The lowest BCUT2D eigenvalue weighted by molar-refractivity contribution is 0.0471. The number of rotatable bonds is 6. The Bertz CT molecular complexity index is 689. The molecule has 0 radical (unpaired) electrons. The number of nitrogens with zero attached hydrogens (tertiary/aromatic N) is 1. The van der Waals surface area contributed by atoms with E-state index in [0.717, 1.165) is 11.3 Å². The maximum Gasteiger partial charge on any atom is 0.355 e. The molecule has 0 aliphatic heterocycles. The van der Waals surface area contributed by atoms with Crippen LogP contribution in [0.25, 0.3) is 0 Å².